The Kier molecular flexibility index (Phi) is 7.03. The third kappa shape index (κ3) is 5.06. The van der Waals surface area contributed by atoms with E-state index in [4.69, 9.17) is 14.1 Å². The summed E-state index contributed by atoms with van der Waals surface area (Å²) in [4.78, 5) is 20.6. The lowest BCUT2D eigenvalue weighted by Crippen LogP contribution is -2.37. The number of rotatable bonds is 8. The van der Waals surface area contributed by atoms with Gasteiger partial charge in [0.05, 0.1) is 29.4 Å². The summed E-state index contributed by atoms with van der Waals surface area (Å²) in [5, 5.41) is 9.60. The second-order valence-electron chi connectivity index (χ2n) is 8.25. The molecule has 5 rings (SSSR count). The zero-order chi connectivity index (χ0) is 23.3. The Morgan fingerprint density at radius 2 is 1.76 bits per heavy atom. The lowest BCUT2D eigenvalue weighted by Gasteiger charge is -2.26. The van der Waals surface area contributed by atoms with Crippen LogP contribution in [0, 0.1) is 0 Å². The number of hydrogen-bond acceptors (Lipinski definition) is 8. The Morgan fingerprint density at radius 3 is 2.59 bits per heavy atom. The average Bonchev–Trinajstić information content (AvgIpc) is 3.38. The number of ether oxygens (including phenoxy) is 1. The lowest BCUT2D eigenvalue weighted by molar-refractivity contribution is 0.0368. The van der Waals surface area contributed by atoms with E-state index >= 15 is 0 Å². The van der Waals surface area contributed by atoms with Gasteiger partial charge in [-0.1, -0.05) is 42.1 Å². The first kappa shape index (κ1) is 22.8. The first-order valence-electron chi connectivity index (χ1n) is 11.5. The van der Waals surface area contributed by atoms with E-state index in [-0.39, 0.29) is 10.8 Å². The van der Waals surface area contributed by atoms with Crippen LogP contribution in [0.15, 0.2) is 69.0 Å². The minimum atomic E-state index is -0.163. The van der Waals surface area contributed by atoms with Crippen molar-refractivity contribution >= 4 is 22.7 Å². The molecule has 0 bridgehead atoms. The van der Waals surface area contributed by atoms with Crippen LogP contribution in [-0.4, -0.2) is 57.5 Å². The van der Waals surface area contributed by atoms with Crippen LogP contribution < -0.4 is 5.56 Å². The van der Waals surface area contributed by atoms with Crippen molar-refractivity contribution in [2.75, 3.05) is 32.8 Å². The van der Waals surface area contributed by atoms with Gasteiger partial charge in [-0.25, -0.2) is 4.98 Å². The maximum atomic E-state index is 13.4. The van der Waals surface area contributed by atoms with Gasteiger partial charge in [-0.15, -0.1) is 10.2 Å². The largest absolute Gasteiger partial charge is 0.419 e. The Morgan fingerprint density at radius 1 is 1.00 bits per heavy atom. The van der Waals surface area contributed by atoms with Gasteiger partial charge in [0.1, 0.15) is 0 Å². The van der Waals surface area contributed by atoms with Crippen molar-refractivity contribution < 1.29 is 9.15 Å². The minimum Gasteiger partial charge on any atom is -0.419 e. The molecule has 9 heteroatoms. The van der Waals surface area contributed by atoms with E-state index in [9.17, 15) is 4.79 Å². The highest BCUT2D eigenvalue weighted by Crippen LogP contribution is 2.34. The van der Waals surface area contributed by atoms with Crippen molar-refractivity contribution in [3.8, 4) is 11.5 Å². The van der Waals surface area contributed by atoms with Crippen molar-refractivity contribution in [3.05, 3.63) is 70.8 Å². The first-order chi connectivity index (χ1) is 16.7. The third-order valence-electron chi connectivity index (χ3n) is 5.88. The fraction of sp³-hybridized carbons (Fsp3) is 0.360. The zero-order valence-electron chi connectivity index (χ0n) is 19.1. The predicted molar refractivity (Wildman–Crippen MR) is 132 cm³/mol. The van der Waals surface area contributed by atoms with Crippen LogP contribution in [0.5, 0.6) is 0 Å². The summed E-state index contributed by atoms with van der Waals surface area (Å²) in [6.45, 7) is 6.92. The molecule has 0 aliphatic carbocycles. The molecule has 34 heavy (non-hydrogen) atoms. The Labute approximate surface area is 202 Å². The summed E-state index contributed by atoms with van der Waals surface area (Å²) in [5.41, 5.74) is 1.56. The fourth-order valence-corrected chi connectivity index (χ4v) is 4.98. The highest BCUT2D eigenvalue weighted by molar-refractivity contribution is 7.99. The van der Waals surface area contributed by atoms with E-state index in [2.05, 4.69) is 15.1 Å². The molecule has 2 aromatic carbocycles. The highest BCUT2D eigenvalue weighted by Gasteiger charge is 2.20. The van der Waals surface area contributed by atoms with Crippen molar-refractivity contribution in [1.29, 1.82) is 0 Å². The number of aromatic nitrogens is 4. The molecule has 1 fully saturated rings. The molecule has 1 atom stereocenters. The number of benzene rings is 2. The van der Waals surface area contributed by atoms with Gasteiger partial charge in [0.2, 0.25) is 11.8 Å². The molecule has 0 saturated carbocycles. The van der Waals surface area contributed by atoms with Crippen LogP contribution in [0.1, 0.15) is 24.5 Å². The second-order valence-corrected chi connectivity index (χ2v) is 9.56. The normalized spacial score (nSPS) is 15.6. The Balaban J connectivity index is 1.38. The maximum absolute atomic E-state index is 13.4. The van der Waals surface area contributed by atoms with Crippen molar-refractivity contribution in [3.63, 3.8) is 0 Å². The van der Waals surface area contributed by atoms with Gasteiger partial charge < -0.3 is 9.15 Å². The van der Waals surface area contributed by atoms with E-state index in [1.807, 2.05) is 61.5 Å². The molecular weight excluding hydrogens is 450 g/mol. The van der Waals surface area contributed by atoms with Gasteiger partial charge in [-0.3, -0.25) is 14.3 Å². The molecule has 1 aliphatic rings. The topological polar surface area (TPSA) is 86.3 Å². The van der Waals surface area contributed by atoms with Crippen LogP contribution >= 0.6 is 11.8 Å². The lowest BCUT2D eigenvalue weighted by atomic mass is 10.2. The van der Waals surface area contributed by atoms with E-state index < -0.39 is 0 Å². The second kappa shape index (κ2) is 10.5. The van der Waals surface area contributed by atoms with Gasteiger partial charge in [0.25, 0.3) is 5.56 Å². The van der Waals surface area contributed by atoms with Gasteiger partial charge in [-0.05, 0) is 37.6 Å². The summed E-state index contributed by atoms with van der Waals surface area (Å²) in [7, 11) is 0. The summed E-state index contributed by atoms with van der Waals surface area (Å²) in [5.74, 6) is 0.989. The summed E-state index contributed by atoms with van der Waals surface area (Å²) >= 11 is 1.47. The first-order valence-corrected chi connectivity index (χ1v) is 12.4. The summed E-state index contributed by atoms with van der Waals surface area (Å²) in [6.07, 6.45) is 0.862. The molecule has 176 valence electrons. The smallest absolute Gasteiger partial charge is 0.262 e. The van der Waals surface area contributed by atoms with Gasteiger partial charge in [0.15, 0.2) is 5.16 Å². The SMILES string of the molecule is C[C@H](Sc1nc2ccccc2c(=O)n1CCCN1CCOCC1)c1nnc(-c2ccccc2)o1. The Bertz CT molecular complexity index is 1300. The Hall–Kier alpha value is -3.01. The monoisotopic (exact) mass is 477 g/mol. The number of fused-ring (bicyclic) bond motifs is 1. The minimum absolute atomic E-state index is 0.0159. The number of para-hydroxylation sites is 1. The molecule has 2 aromatic heterocycles. The number of morpholine rings is 1. The van der Waals surface area contributed by atoms with E-state index in [1.165, 1.54) is 11.8 Å². The van der Waals surface area contributed by atoms with Crippen molar-refractivity contribution in [2.45, 2.75) is 30.3 Å². The molecule has 4 aromatic rings. The van der Waals surface area contributed by atoms with E-state index in [0.29, 0.717) is 34.4 Å². The van der Waals surface area contributed by atoms with Crippen molar-refractivity contribution in [1.82, 2.24) is 24.6 Å². The molecule has 3 heterocycles. The van der Waals surface area contributed by atoms with Crippen LogP contribution in [0.3, 0.4) is 0 Å². The number of thioether (sulfide) groups is 1. The van der Waals surface area contributed by atoms with Gasteiger partial charge in [0, 0.05) is 31.7 Å². The highest BCUT2D eigenvalue weighted by atomic mass is 32.2. The maximum Gasteiger partial charge on any atom is 0.262 e. The van der Waals surface area contributed by atoms with E-state index in [1.54, 1.807) is 4.57 Å². The molecule has 0 spiro atoms. The molecule has 0 N–H and O–H groups in total. The van der Waals surface area contributed by atoms with Crippen LogP contribution in [-0.2, 0) is 11.3 Å². The van der Waals surface area contributed by atoms with Crippen LogP contribution in [0.2, 0.25) is 0 Å². The molecule has 8 nitrogen and oxygen atoms in total. The summed E-state index contributed by atoms with van der Waals surface area (Å²) < 4.78 is 13.2. The zero-order valence-corrected chi connectivity index (χ0v) is 19.9. The molecule has 1 aliphatic heterocycles. The summed E-state index contributed by atoms with van der Waals surface area (Å²) in [6, 6.07) is 17.2. The third-order valence-corrected chi connectivity index (χ3v) is 6.96. The van der Waals surface area contributed by atoms with Crippen LogP contribution in [0.4, 0.5) is 0 Å². The molecular formula is C25H27N5O3S. The number of nitrogens with zero attached hydrogens (tertiary/aromatic N) is 5. The fourth-order valence-electron chi connectivity index (χ4n) is 4.02. The molecule has 0 amide bonds. The molecule has 0 radical (unpaired) electrons. The predicted octanol–water partition coefficient (Wildman–Crippen LogP) is 4.02. The van der Waals surface area contributed by atoms with Gasteiger partial charge in [-0.2, -0.15) is 0 Å². The van der Waals surface area contributed by atoms with Crippen LogP contribution in [0.25, 0.3) is 22.4 Å². The van der Waals surface area contributed by atoms with Gasteiger partial charge >= 0.3 is 0 Å². The van der Waals surface area contributed by atoms with E-state index in [0.717, 1.165) is 44.8 Å². The molecule has 1 saturated heterocycles. The average molecular weight is 478 g/mol. The standard InChI is InChI=1S/C25H27N5O3S/c1-18(22-27-28-23(33-22)19-8-3-2-4-9-19)34-25-26-21-11-6-5-10-20(21)24(31)30(25)13-7-12-29-14-16-32-17-15-29/h2-6,8-11,18H,7,12-17H2,1H3/t18-/m0/s1. The number of hydrogen-bond donors (Lipinski definition) is 0. The molecule has 0 unspecified atom stereocenters. The van der Waals surface area contributed by atoms with Crippen molar-refractivity contribution in [2.24, 2.45) is 0 Å². The quantitative estimate of drug-likeness (QED) is 0.278.